The molecule has 1 saturated heterocycles. The van der Waals surface area contributed by atoms with Gasteiger partial charge in [0.1, 0.15) is 6.61 Å². The summed E-state index contributed by atoms with van der Waals surface area (Å²) in [4.78, 5) is 30.0. The molecule has 2 heterocycles. The fourth-order valence-electron chi connectivity index (χ4n) is 2.39. The van der Waals surface area contributed by atoms with Crippen LogP contribution in [0.15, 0.2) is 47.2 Å². The van der Waals surface area contributed by atoms with Crippen molar-refractivity contribution in [2.24, 2.45) is 10.7 Å². The second-order valence-corrected chi connectivity index (χ2v) is 6.55. The number of amides is 2. The van der Waals surface area contributed by atoms with Crippen LogP contribution in [0.3, 0.4) is 0 Å². The van der Waals surface area contributed by atoms with Gasteiger partial charge in [0, 0.05) is 11.8 Å². The highest BCUT2D eigenvalue weighted by atomic mass is 32.2. The van der Waals surface area contributed by atoms with Crippen molar-refractivity contribution in [3.8, 4) is 0 Å². The summed E-state index contributed by atoms with van der Waals surface area (Å²) in [6.07, 6.45) is 1.55. The number of nitrogens with one attached hydrogen (secondary N) is 1. The van der Waals surface area contributed by atoms with Crippen LogP contribution in [0.4, 0.5) is 4.79 Å². The molecule has 0 aromatic heterocycles. The highest BCUT2D eigenvalue weighted by molar-refractivity contribution is 8.14. The largest absolute Gasteiger partial charge is 0.456 e. The van der Waals surface area contributed by atoms with Gasteiger partial charge < -0.3 is 10.5 Å². The fraction of sp³-hybridized carbons (Fsp3) is 0.267. The number of hydrogen-bond donors (Lipinski definition) is 2. The van der Waals surface area contributed by atoms with Gasteiger partial charge in [-0.25, -0.2) is 9.59 Å². The van der Waals surface area contributed by atoms with Gasteiger partial charge in [-0.15, -0.1) is 10.0 Å². The number of carbonyl (C=O) groups excluding carboxylic acids is 2. The number of rotatable bonds is 4. The van der Waals surface area contributed by atoms with E-state index in [4.69, 9.17) is 10.5 Å². The van der Waals surface area contributed by atoms with Crippen molar-refractivity contribution < 1.29 is 19.3 Å². The number of quaternary nitrogens is 1. The molecule has 0 aliphatic carbocycles. The average Bonchev–Trinajstić information content (AvgIpc) is 3.10. The van der Waals surface area contributed by atoms with Crippen LogP contribution >= 0.6 is 11.8 Å². The van der Waals surface area contributed by atoms with Gasteiger partial charge in [0.25, 0.3) is 5.17 Å². The number of esters is 1. The molecule has 126 valence electrons. The van der Waals surface area contributed by atoms with Gasteiger partial charge in [-0.05, 0) is 19.7 Å². The standard InChI is InChI=1S/C15H17N5O3S/c1-18(2)15-20(13(16)22)19-8-11(17-14(19)24-15)12(21)23-9-10-6-4-3-5-7-10/h3-8,15H,9H2,1-2H3,(H2,16,22)/p+1. The Morgan fingerprint density at radius 2 is 2.08 bits per heavy atom. The number of nitrogens with two attached hydrogens (primary N) is 1. The summed E-state index contributed by atoms with van der Waals surface area (Å²) in [5.41, 5.74) is 6.26. The summed E-state index contributed by atoms with van der Waals surface area (Å²) in [5, 5.41) is 2.55. The van der Waals surface area contributed by atoms with Crippen LogP contribution in [-0.4, -0.2) is 46.7 Å². The minimum Gasteiger partial charge on any atom is -0.456 e. The van der Waals surface area contributed by atoms with Crippen molar-refractivity contribution in [3.05, 3.63) is 47.8 Å². The summed E-state index contributed by atoms with van der Waals surface area (Å²) >= 11 is 1.37. The van der Waals surface area contributed by atoms with Gasteiger partial charge in [-0.3, -0.25) is 4.90 Å². The van der Waals surface area contributed by atoms with E-state index in [1.807, 2.05) is 49.3 Å². The van der Waals surface area contributed by atoms with E-state index < -0.39 is 12.0 Å². The lowest BCUT2D eigenvalue weighted by Gasteiger charge is -2.25. The number of thioether (sulfide) groups is 1. The Labute approximate surface area is 143 Å². The molecule has 2 aliphatic rings. The molecule has 1 fully saturated rings. The first-order valence-electron chi connectivity index (χ1n) is 7.28. The highest BCUT2D eigenvalue weighted by Gasteiger charge is 2.49. The number of amidine groups is 1. The monoisotopic (exact) mass is 348 g/mol. The molecule has 2 unspecified atom stereocenters. The van der Waals surface area contributed by atoms with Crippen molar-refractivity contribution >= 4 is 28.9 Å². The van der Waals surface area contributed by atoms with Gasteiger partial charge in [-0.1, -0.05) is 30.3 Å². The Bertz CT molecular complexity index is 719. The first-order valence-corrected chi connectivity index (χ1v) is 8.16. The molecule has 8 nitrogen and oxygen atoms in total. The summed E-state index contributed by atoms with van der Waals surface area (Å²) in [6, 6.07) is 8.81. The molecule has 2 atom stereocenters. The SMILES string of the molecule is CN(C)C1SC2=NC(C(=O)OCc3ccccc3)=C[NH+]2N1C(N)=O. The van der Waals surface area contributed by atoms with Crippen molar-refractivity contribution in [1.82, 2.24) is 9.91 Å². The molecule has 3 N–H and O–H groups in total. The van der Waals surface area contributed by atoms with E-state index in [2.05, 4.69) is 4.99 Å². The molecule has 0 spiro atoms. The van der Waals surface area contributed by atoms with Gasteiger partial charge in [0.05, 0.1) is 0 Å². The van der Waals surface area contributed by atoms with Gasteiger partial charge in [0.2, 0.25) is 5.70 Å². The maximum atomic E-state index is 12.2. The minimum absolute atomic E-state index is 0.171. The Morgan fingerprint density at radius 1 is 1.38 bits per heavy atom. The predicted molar refractivity (Wildman–Crippen MR) is 89.2 cm³/mol. The smallest absolute Gasteiger partial charge is 0.363 e. The second kappa shape index (κ2) is 6.63. The van der Waals surface area contributed by atoms with E-state index >= 15 is 0 Å². The number of carbonyl (C=O) groups is 2. The first-order chi connectivity index (χ1) is 11.5. The van der Waals surface area contributed by atoms with Crippen LogP contribution in [0.25, 0.3) is 0 Å². The second-order valence-electron chi connectivity index (χ2n) is 5.51. The predicted octanol–water partition coefficient (Wildman–Crippen LogP) is -0.287. The number of urea groups is 1. The molecular weight excluding hydrogens is 330 g/mol. The number of benzene rings is 1. The number of primary amides is 1. The van der Waals surface area contributed by atoms with Crippen molar-refractivity contribution in [1.29, 1.82) is 0 Å². The number of hydrogen-bond acceptors (Lipinski definition) is 6. The lowest BCUT2D eigenvalue weighted by Crippen LogP contribution is -3.14. The van der Waals surface area contributed by atoms with Crippen LogP contribution in [0.2, 0.25) is 0 Å². The van der Waals surface area contributed by atoms with Crippen LogP contribution in [-0.2, 0) is 16.1 Å². The number of fused-ring (bicyclic) bond motifs is 1. The van der Waals surface area contributed by atoms with E-state index in [0.717, 1.165) is 5.56 Å². The molecule has 3 rings (SSSR count). The quantitative estimate of drug-likeness (QED) is 0.730. The minimum atomic E-state index is -0.587. The highest BCUT2D eigenvalue weighted by Crippen LogP contribution is 2.24. The Morgan fingerprint density at radius 3 is 2.71 bits per heavy atom. The van der Waals surface area contributed by atoms with E-state index in [1.54, 1.807) is 6.20 Å². The Kier molecular flexibility index (Phi) is 4.56. The van der Waals surface area contributed by atoms with Crippen LogP contribution < -0.4 is 10.7 Å². The Hall–Kier alpha value is -2.36. The normalized spacial score (nSPS) is 22.2. The van der Waals surface area contributed by atoms with E-state index in [1.165, 1.54) is 16.8 Å². The van der Waals surface area contributed by atoms with Crippen molar-refractivity contribution in [2.75, 3.05) is 14.1 Å². The maximum absolute atomic E-state index is 12.2. The van der Waals surface area contributed by atoms with E-state index in [9.17, 15) is 9.59 Å². The molecule has 0 radical (unpaired) electrons. The summed E-state index contributed by atoms with van der Waals surface area (Å²) in [5.74, 6) is -0.528. The third kappa shape index (κ3) is 3.14. The fourth-order valence-corrected chi connectivity index (χ4v) is 3.55. The van der Waals surface area contributed by atoms with Gasteiger partial charge >= 0.3 is 12.0 Å². The molecule has 2 aliphatic heterocycles. The molecule has 24 heavy (non-hydrogen) atoms. The zero-order chi connectivity index (χ0) is 17.3. The molecule has 9 heteroatoms. The average molecular weight is 348 g/mol. The summed E-state index contributed by atoms with van der Waals surface area (Å²) < 4.78 is 5.27. The van der Waals surface area contributed by atoms with Crippen molar-refractivity contribution in [2.45, 2.75) is 12.1 Å². The number of aliphatic imine (C=N–C) groups is 1. The number of ether oxygens (including phenoxy) is 1. The summed E-state index contributed by atoms with van der Waals surface area (Å²) in [7, 11) is 3.68. The Balaban J connectivity index is 1.69. The molecule has 1 aromatic rings. The van der Waals surface area contributed by atoms with Crippen LogP contribution in [0, 0.1) is 0 Å². The van der Waals surface area contributed by atoms with Crippen LogP contribution in [0.1, 0.15) is 5.56 Å². The third-order valence-electron chi connectivity index (χ3n) is 3.51. The lowest BCUT2D eigenvalue weighted by atomic mass is 10.2. The van der Waals surface area contributed by atoms with E-state index in [0.29, 0.717) is 10.2 Å². The van der Waals surface area contributed by atoms with Crippen LogP contribution in [0.5, 0.6) is 0 Å². The van der Waals surface area contributed by atoms with Gasteiger partial charge in [-0.2, -0.15) is 4.99 Å². The molecule has 0 saturated carbocycles. The topological polar surface area (TPSA) is 92.7 Å². The third-order valence-corrected chi connectivity index (χ3v) is 4.88. The van der Waals surface area contributed by atoms with Gasteiger partial charge in [0.15, 0.2) is 11.7 Å². The van der Waals surface area contributed by atoms with E-state index in [-0.39, 0.29) is 17.8 Å². The zero-order valence-electron chi connectivity index (χ0n) is 13.3. The maximum Gasteiger partial charge on any atom is 0.363 e. The zero-order valence-corrected chi connectivity index (χ0v) is 14.1. The number of nitrogens with zero attached hydrogens (tertiary/aromatic N) is 3. The molecular formula is C15H18N5O3S+. The molecule has 0 bridgehead atoms. The lowest BCUT2D eigenvalue weighted by molar-refractivity contribution is -0.864. The molecule has 2 amide bonds. The first kappa shape index (κ1) is 16.5. The van der Waals surface area contributed by atoms with Crippen molar-refractivity contribution in [3.63, 3.8) is 0 Å². The summed E-state index contributed by atoms with van der Waals surface area (Å²) in [6.45, 7) is 0.171. The molecule has 1 aromatic carbocycles.